The van der Waals surface area contributed by atoms with Crippen molar-refractivity contribution < 1.29 is 14.4 Å². The van der Waals surface area contributed by atoms with Gasteiger partial charge >= 0.3 is 0 Å². The van der Waals surface area contributed by atoms with E-state index in [1.807, 2.05) is 18.2 Å². The van der Waals surface area contributed by atoms with E-state index in [-0.39, 0.29) is 42.0 Å². The normalized spacial score (nSPS) is 29.4. The van der Waals surface area contributed by atoms with E-state index in [0.29, 0.717) is 21.7 Å². The monoisotopic (exact) mass is 442 g/mol. The highest BCUT2D eigenvalue weighted by molar-refractivity contribution is 6.36. The summed E-state index contributed by atoms with van der Waals surface area (Å²) in [6.45, 7) is -0.293. The van der Waals surface area contributed by atoms with Crippen molar-refractivity contribution in [2.45, 2.75) is 18.8 Å². The molecule has 3 amide bonds. The molecule has 30 heavy (non-hydrogen) atoms. The highest BCUT2D eigenvalue weighted by atomic mass is 35.5. The van der Waals surface area contributed by atoms with Gasteiger partial charge in [0.05, 0.1) is 22.5 Å². The summed E-state index contributed by atoms with van der Waals surface area (Å²) in [5.74, 6) is -0.790. The Hall–Kier alpha value is -2.37. The zero-order valence-corrected chi connectivity index (χ0v) is 17.6. The molecule has 0 unspecified atom stereocenters. The summed E-state index contributed by atoms with van der Waals surface area (Å²) in [7, 11) is 0. The van der Waals surface area contributed by atoms with E-state index in [0.717, 1.165) is 17.7 Å². The first-order valence-corrected chi connectivity index (χ1v) is 10.8. The zero-order valence-electron chi connectivity index (χ0n) is 16.1. The second kappa shape index (κ2) is 7.40. The molecule has 2 aromatic carbocycles. The van der Waals surface area contributed by atoms with Crippen LogP contribution in [0.3, 0.4) is 0 Å². The smallest absolute Gasteiger partial charge is 0.244 e. The minimum atomic E-state index is -0.451. The largest absolute Gasteiger partial charge is 0.323 e. The Kier molecular flexibility index (Phi) is 4.83. The van der Waals surface area contributed by atoms with E-state index in [4.69, 9.17) is 23.2 Å². The number of fused-ring (bicyclic) bond motifs is 5. The minimum Gasteiger partial charge on any atom is -0.323 e. The number of nitrogens with one attached hydrogen (secondary N) is 1. The fourth-order valence-corrected chi connectivity index (χ4v) is 6.14. The Labute approximate surface area is 184 Å². The Bertz CT molecular complexity index is 1040. The SMILES string of the molecule is O=C(CN1C(=O)[C@@H]2[C@H]3C[C@H]([C@H]2C1=O)[C@@H](c1ccccc1)C3)Nc1ccc(Cl)cc1Cl. The van der Waals surface area contributed by atoms with Crippen molar-refractivity contribution in [3.8, 4) is 0 Å². The lowest BCUT2D eigenvalue weighted by Crippen LogP contribution is -2.39. The maximum atomic E-state index is 13.1. The first-order valence-electron chi connectivity index (χ1n) is 10.1. The molecule has 2 bridgehead atoms. The number of carbonyl (C=O) groups is 3. The Balaban J connectivity index is 1.31. The van der Waals surface area contributed by atoms with Gasteiger partial charge < -0.3 is 5.32 Å². The molecule has 1 aliphatic heterocycles. The third kappa shape index (κ3) is 3.12. The van der Waals surface area contributed by atoms with Crippen molar-refractivity contribution in [3.05, 3.63) is 64.1 Å². The molecule has 5 atom stereocenters. The van der Waals surface area contributed by atoms with E-state index in [1.165, 1.54) is 11.6 Å². The van der Waals surface area contributed by atoms with Crippen LogP contribution < -0.4 is 5.32 Å². The van der Waals surface area contributed by atoms with E-state index >= 15 is 0 Å². The average Bonchev–Trinajstić information content (AvgIpc) is 3.39. The van der Waals surface area contributed by atoms with Crippen LogP contribution in [0.1, 0.15) is 24.3 Å². The van der Waals surface area contributed by atoms with Gasteiger partial charge in [0, 0.05) is 5.02 Å². The number of benzene rings is 2. The summed E-state index contributed by atoms with van der Waals surface area (Å²) >= 11 is 12.0. The van der Waals surface area contributed by atoms with Gasteiger partial charge in [-0.25, -0.2) is 0 Å². The number of halogens is 2. The number of anilines is 1. The van der Waals surface area contributed by atoms with Gasteiger partial charge in [0.2, 0.25) is 17.7 Å². The first kappa shape index (κ1) is 19.6. The molecule has 3 fully saturated rings. The lowest BCUT2D eigenvalue weighted by Gasteiger charge is -2.28. The lowest BCUT2D eigenvalue weighted by molar-refractivity contribution is -0.143. The molecule has 2 aromatic rings. The maximum absolute atomic E-state index is 13.1. The van der Waals surface area contributed by atoms with E-state index in [2.05, 4.69) is 17.4 Å². The van der Waals surface area contributed by atoms with Gasteiger partial charge in [-0.1, -0.05) is 53.5 Å². The van der Waals surface area contributed by atoms with Crippen LogP contribution in [0.5, 0.6) is 0 Å². The molecule has 1 heterocycles. The van der Waals surface area contributed by atoms with Crippen LogP contribution in [-0.4, -0.2) is 29.2 Å². The topological polar surface area (TPSA) is 66.5 Å². The van der Waals surface area contributed by atoms with Crippen LogP contribution in [0.15, 0.2) is 48.5 Å². The standard InChI is InChI=1S/C23H20Cl2N2O3/c24-14-6-7-18(17(25)10-14)26-19(28)11-27-22(29)20-13-8-15(12-4-2-1-3-5-12)16(9-13)21(20)23(27)30/h1-7,10,13,15-16,20-21H,8-9,11H2,(H,26,28)/t13-,15-,16+,20-,21-/m1/s1. The molecule has 5 rings (SSSR count). The molecule has 2 saturated carbocycles. The number of rotatable bonds is 4. The minimum absolute atomic E-state index is 0.164. The highest BCUT2D eigenvalue weighted by Gasteiger charge is 2.63. The molecule has 5 nitrogen and oxygen atoms in total. The number of likely N-dealkylation sites (tertiary alicyclic amines) is 1. The number of amides is 3. The summed E-state index contributed by atoms with van der Waals surface area (Å²) in [5, 5.41) is 3.43. The van der Waals surface area contributed by atoms with Crippen molar-refractivity contribution >= 4 is 46.6 Å². The van der Waals surface area contributed by atoms with Crippen molar-refractivity contribution in [1.82, 2.24) is 4.90 Å². The number of hydrogen-bond donors (Lipinski definition) is 1. The predicted molar refractivity (Wildman–Crippen MR) is 114 cm³/mol. The molecule has 0 spiro atoms. The average molecular weight is 443 g/mol. The predicted octanol–water partition coefficient (Wildman–Crippen LogP) is 4.36. The molecule has 1 saturated heterocycles. The first-order chi connectivity index (χ1) is 14.4. The van der Waals surface area contributed by atoms with Crippen molar-refractivity contribution in [1.29, 1.82) is 0 Å². The maximum Gasteiger partial charge on any atom is 0.244 e. The number of carbonyl (C=O) groups excluding carboxylic acids is 3. The van der Waals surface area contributed by atoms with Gasteiger partial charge in [-0.2, -0.15) is 0 Å². The fraction of sp³-hybridized carbons (Fsp3) is 0.348. The second-order valence-electron chi connectivity index (χ2n) is 8.40. The number of hydrogen-bond acceptors (Lipinski definition) is 3. The summed E-state index contributed by atoms with van der Waals surface area (Å²) in [6, 6.07) is 14.9. The van der Waals surface area contributed by atoms with Crippen LogP contribution in [0.4, 0.5) is 5.69 Å². The number of nitrogens with zero attached hydrogens (tertiary/aromatic N) is 1. The highest BCUT2D eigenvalue weighted by Crippen LogP contribution is 2.61. The van der Waals surface area contributed by atoms with Gasteiger partial charge in [-0.05, 0) is 54.4 Å². The Morgan fingerprint density at radius 1 is 1.00 bits per heavy atom. The van der Waals surface area contributed by atoms with Gasteiger partial charge in [0.15, 0.2) is 0 Å². The van der Waals surface area contributed by atoms with Gasteiger partial charge in [0.1, 0.15) is 6.54 Å². The summed E-state index contributed by atoms with van der Waals surface area (Å²) < 4.78 is 0. The fourth-order valence-electron chi connectivity index (χ4n) is 5.68. The van der Waals surface area contributed by atoms with Crippen molar-refractivity contribution in [3.63, 3.8) is 0 Å². The van der Waals surface area contributed by atoms with E-state index in [9.17, 15) is 14.4 Å². The molecular weight excluding hydrogens is 423 g/mol. The third-order valence-corrected chi connectivity index (χ3v) is 7.39. The Morgan fingerprint density at radius 2 is 1.73 bits per heavy atom. The van der Waals surface area contributed by atoms with Crippen molar-refractivity contribution in [2.75, 3.05) is 11.9 Å². The summed E-state index contributed by atoms with van der Waals surface area (Å²) in [4.78, 5) is 39.8. The van der Waals surface area contributed by atoms with Crippen molar-refractivity contribution in [2.24, 2.45) is 23.7 Å². The molecule has 0 radical (unpaired) electrons. The van der Waals surface area contributed by atoms with E-state index < -0.39 is 5.91 Å². The molecule has 7 heteroatoms. The van der Waals surface area contributed by atoms with Crippen LogP contribution in [0.2, 0.25) is 10.0 Å². The van der Waals surface area contributed by atoms with Crippen LogP contribution in [0, 0.1) is 23.7 Å². The second-order valence-corrected chi connectivity index (χ2v) is 9.24. The lowest BCUT2D eigenvalue weighted by atomic mass is 9.73. The Morgan fingerprint density at radius 3 is 2.47 bits per heavy atom. The summed E-state index contributed by atoms with van der Waals surface area (Å²) in [6.07, 6.45) is 1.84. The third-order valence-electron chi connectivity index (χ3n) is 6.84. The van der Waals surface area contributed by atoms with Gasteiger partial charge in [0.25, 0.3) is 0 Å². The molecule has 1 N–H and O–H groups in total. The van der Waals surface area contributed by atoms with Crippen LogP contribution in [0.25, 0.3) is 0 Å². The quantitative estimate of drug-likeness (QED) is 0.715. The van der Waals surface area contributed by atoms with Gasteiger partial charge in [-0.3, -0.25) is 19.3 Å². The molecule has 0 aromatic heterocycles. The molecule has 154 valence electrons. The van der Waals surface area contributed by atoms with Gasteiger partial charge in [-0.15, -0.1) is 0 Å². The van der Waals surface area contributed by atoms with Crippen LogP contribution >= 0.6 is 23.2 Å². The molecular formula is C23H20Cl2N2O3. The number of imide groups is 1. The van der Waals surface area contributed by atoms with E-state index in [1.54, 1.807) is 12.1 Å². The molecule has 3 aliphatic rings. The summed E-state index contributed by atoms with van der Waals surface area (Å²) in [5.41, 5.74) is 1.63. The van der Waals surface area contributed by atoms with Crippen LogP contribution in [-0.2, 0) is 14.4 Å². The molecule has 2 aliphatic carbocycles. The zero-order chi connectivity index (χ0) is 21.0.